The summed E-state index contributed by atoms with van der Waals surface area (Å²) in [5.74, 6) is 0.614. The van der Waals surface area contributed by atoms with Gasteiger partial charge in [0.1, 0.15) is 5.65 Å². The fourth-order valence-corrected chi connectivity index (χ4v) is 1.81. The minimum atomic E-state index is 0.614. The van der Waals surface area contributed by atoms with Crippen LogP contribution in [-0.4, -0.2) is 27.0 Å². The van der Waals surface area contributed by atoms with Crippen LogP contribution in [0.25, 0.3) is 22.3 Å². The van der Waals surface area contributed by atoms with Crippen molar-refractivity contribution < 1.29 is 0 Å². The van der Waals surface area contributed by atoms with Crippen molar-refractivity contribution in [3.63, 3.8) is 0 Å². The molecular weight excluding hydrogens is 214 g/mol. The third-order valence-electron chi connectivity index (χ3n) is 2.62. The van der Waals surface area contributed by atoms with E-state index in [-0.39, 0.29) is 0 Å². The van der Waals surface area contributed by atoms with E-state index in [1.54, 1.807) is 19.4 Å². The molecular formula is C12H11N5. The van der Waals surface area contributed by atoms with E-state index in [4.69, 9.17) is 0 Å². The van der Waals surface area contributed by atoms with Crippen LogP contribution in [0.2, 0.25) is 0 Å². The lowest BCUT2D eigenvalue weighted by Crippen LogP contribution is -1.96. The van der Waals surface area contributed by atoms with Crippen LogP contribution in [0.4, 0.5) is 5.95 Å². The minimum absolute atomic E-state index is 0.614. The molecule has 0 fully saturated rings. The highest BCUT2D eigenvalue weighted by molar-refractivity contribution is 5.91. The SMILES string of the molecule is CNc1nccc(-c2ccnc3[nH]ccc23)n1. The molecule has 2 N–H and O–H groups in total. The molecule has 0 saturated carbocycles. The molecule has 0 aliphatic heterocycles. The standard InChI is InChI=1S/C12H11N5/c1-13-12-16-7-4-10(17-12)8-2-5-14-11-9(8)3-6-15-11/h2-7H,1H3,(H,14,15)(H,13,16,17). The van der Waals surface area contributed by atoms with Crippen molar-refractivity contribution >= 4 is 17.0 Å². The van der Waals surface area contributed by atoms with Gasteiger partial charge in [0.05, 0.1) is 5.69 Å². The molecule has 84 valence electrons. The molecule has 3 aromatic heterocycles. The molecule has 0 aliphatic carbocycles. The highest BCUT2D eigenvalue weighted by Gasteiger charge is 2.07. The molecule has 0 spiro atoms. The summed E-state index contributed by atoms with van der Waals surface area (Å²) < 4.78 is 0. The Kier molecular flexibility index (Phi) is 2.22. The number of fused-ring (bicyclic) bond motifs is 1. The van der Waals surface area contributed by atoms with Crippen molar-refractivity contribution in [3.8, 4) is 11.3 Å². The number of anilines is 1. The quantitative estimate of drug-likeness (QED) is 0.700. The van der Waals surface area contributed by atoms with Gasteiger partial charge in [-0.3, -0.25) is 0 Å². The Bertz CT molecular complexity index is 659. The maximum Gasteiger partial charge on any atom is 0.222 e. The van der Waals surface area contributed by atoms with Crippen LogP contribution >= 0.6 is 0 Å². The summed E-state index contributed by atoms with van der Waals surface area (Å²) in [4.78, 5) is 15.9. The average molecular weight is 225 g/mol. The van der Waals surface area contributed by atoms with Gasteiger partial charge in [-0.05, 0) is 18.2 Å². The van der Waals surface area contributed by atoms with Gasteiger partial charge in [-0.1, -0.05) is 0 Å². The van der Waals surface area contributed by atoms with E-state index in [9.17, 15) is 0 Å². The van der Waals surface area contributed by atoms with Gasteiger partial charge in [0.2, 0.25) is 5.95 Å². The summed E-state index contributed by atoms with van der Waals surface area (Å²) in [6.45, 7) is 0. The number of aromatic nitrogens is 4. The molecule has 3 heterocycles. The Hall–Kier alpha value is -2.43. The lowest BCUT2D eigenvalue weighted by Gasteiger charge is -2.04. The lowest BCUT2D eigenvalue weighted by atomic mass is 10.1. The van der Waals surface area contributed by atoms with Crippen molar-refractivity contribution in [2.45, 2.75) is 0 Å². The topological polar surface area (TPSA) is 66.5 Å². The number of aromatic amines is 1. The van der Waals surface area contributed by atoms with Crippen molar-refractivity contribution in [3.05, 3.63) is 36.8 Å². The monoisotopic (exact) mass is 225 g/mol. The molecule has 0 atom stereocenters. The van der Waals surface area contributed by atoms with E-state index in [0.717, 1.165) is 22.3 Å². The van der Waals surface area contributed by atoms with E-state index in [0.29, 0.717) is 5.95 Å². The first kappa shape index (κ1) is 9.77. The second kappa shape index (κ2) is 3.86. The van der Waals surface area contributed by atoms with Crippen LogP contribution < -0.4 is 5.32 Å². The molecule has 0 amide bonds. The van der Waals surface area contributed by atoms with Crippen molar-refractivity contribution in [1.82, 2.24) is 19.9 Å². The van der Waals surface area contributed by atoms with Gasteiger partial charge in [-0.15, -0.1) is 0 Å². The fraction of sp³-hybridized carbons (Fsp3) is 0.0833. The van der Waals surface area contributed by atoms with Crippen LogP contribution in [0, 0.1) is 0 Å². The smallest absolute Gasteiger partial charge is 0.222 e. The number of pyridine rings is 1. The highest BCUT2D eigenvalue weighted by atomic mass is 15.1. The Labute approximate surface area is 98.0 Å². The first-order valence-corrected chi connectivity index (χ1v) is 5.32. The summed E-state index contributed by atoms with van der Waals surface area (Å²) in [5.41, 5.74) is 2.80. The van der Waals surface area contributed by atoms with Crippen LogP contribution in [0.5, 0.6) is 0 Å². The molecule has 0 radical (unpaired) electrons. The van der Waals surface area contributed by atoms with Crippen molar-refractivity contribution in [2.75, 3.05) is 12.4 Å². The van der Waals surface area contributed by atoms with Crippen molar-refractivity contribution in [2.24, 2.45) is 0 Å². The molecule has 0 unspecified atom stereocenters. The van der Waals surface area contributed by atoms with Crippen LogP contribution in [0.3, 0.4) is 0 Å². The zero-order valence-corrected chi connectivity index (χ0v) is 9.31. The number of nitrogens with one attached hydrogen (secondary N) is 2. The van der Waals surface area contributed by atoms with Gasteiger partial charge >= 0.3 is 0 Å². The summed E-state index contributed by atoms with van der Waals surface area (Å²) in [7, 11) is 1.80. The van der Waals surface area contributed by atoms with E-state index in [1.807, 2.05) is 24.4 Å². The van der Waals surface area contributed by atoms with Crippen molar-refractivity contribution in [1.29, 1.82) is 0 Å². The van der Waals surface area contributed by atoms with Crippen LogP contribution in [0.15, 0.2) is 36.8 Å². The number of H-pyrrole nitrogens is 1. The largest absolute Gasteiger partial charge is 0.357 e. The molecule has 5 heteroatoms. The van der Waals surface area contributed by atoms with Gasteiger partial charge in [0.15, 0.2) is 0 Å². The maximum absolute atomic E-state index is 4.43. The predicted molar refractivity (Wildman–Crippen MR) is 66.7 cm³/mol. The summed E-state index contributed by atoms with van der Waals surface area (Å²) in [5, 5.41) is 4.00. The molecule has 0 aliphatic rings. The van der Waals surface area contributed by atoms with Gasteiger partial charge in [-0.25, -0.2) is 15.0 Å². The normalized spacial score (nSPS) is 10.6. The molecule has 5 nitrogen and oxygen atoms in total. The summed E-state index contributed by atoms with van der Waals surface area (Å²) in [6, 6.07) is 5.85. The zero-order chi connectivity index (χ0) is 11.7. The van der Waals surface area contributed by atoms with E-state index >= 15 is 0 Å². The summed E-state index contributed by atoms with van der Waals surface area (Å²) in [6.07, 6.45) is 5.39. The number of hydrogen-bond acceptors (Lipinski definition) is 4. The van der Waals surface area contributed by atoms with Crippen LogP contribution in [-0.2, 0) is 0 Å². The molecule has 0 bridgehead atoms. The van der Waals surface area contributed by atoms with Crippen LogP contribution in [0.1, 0.15) is 0 Å². The van der Waals surface area contributed by atoms with Gasteiger partial charge in [0, 0.05) is 36.6 Å². The lowest BCUT2D eigenvalue weighted by molar-refractivity contribution is 1.15. The van der Waals surface area contributed by atoms with Gasteiger partial charge < -0.3 is 10.3 Å². The summed E-state index contributed by atoms with van der Waals surface area (Å²) >= 11 is 0. The fourth-order valence-electron chi connectivity index (χ4n) is 1.81. The first-order valence-electron chi connectivity index (χ1n) is 5.32. The Morgan fingerprint density at radius 3 is 2.88 bits per heavy atom. The van der Waals surface area contributed by atoms with Gasteiger partial charge in [-0.2, -0.15) is 0 Å². The molecule has 3 aromatic rings. The third-order valence-corrected chi connectivity index (χ3v) is 2.62. The Morgan fingerprint density at radius 1 is 1.12 bits per heavy atom. The predicted octanol–water partition coefficient (Wildman–Crippen LogP) is 2.06. The molecule has 3 rings (SSSR count). The second-order valence-electron chi connectivity index (χ2n) is 3.61. The Balaban J connectivity index is 2.23. The number of hydrogen-bond donors (Lipinski definition) is 2. The molecule has 0 aromatic carbocycles. The zero-order valence-electron chi connectivity index (χ0n) is 9.31. The molecule has 0 saturated heterocycles. The maximum atomic E-state index is 4.43. The van der Waals surface area contributed by atoms with Gasteiger partial charge in [0.25, 0.3) is 0 Å². The number of rotatable bonds is 2. The second-order valence-corrected chi connectivity index (χ2v) is 3.61. The highest BCUT2D eigenvalue weighted by Crippen LogP contribution is 2.25. The first-order chi connectivity index (χ1) is 8.38. The Morgan fingerprint density at radius 2 is 2.00 bits per heavy atom. The minimum Gasteiger partial charge on any atom is -0.357 e. The van der Waals surface area contributed by atoms with E-state index < -0.39 is 0 Å². The average Bonchev–Trinajstić information content (AvgIpc) is 2.87. The van der Waals surface area contributed by atoms with E-state index in [1.165, 1.54) is 0 Å². The molecule has 17 heavy (non-hydrogen) atoms. The van der Waals surface area contributed by atoms with E-state index in [2.05, 4.69) is 25.3 Å². The third kappa shape index (κ3) is 1.61. The number of nitrogens with zero attached hydrogens (tertiary/aromatic N) is 3.